The number of amides is 1. The van der Waals surface area contributed by atoms with Crippen molar-refractivity contribution in [3.63, 3.8) is 0 Å². The topological polar surface area (TPSA) is 189 Å². The summed E-state index contributed by atoms with van der Waals surface area (Å²) in [5.41, 5.74) is 0. The van der Waals surface area contributed by atoms with Crippen molar-refractivity contribution < 1.29 is 50.0 Å². The van der Waals surface area contributed by atoms with Gasteiger partial charge < -0.3 is 50.5 Å². The van der Waals surface area contributed by atoms with Gasteiger partial charge in [-0.1, -0.05) is 213 Å². The summed E-state index contributed by atoms with van der Waals surface area (Å²) in [6, 6.07) is -1.16. The average Bonchev–Trinajstić information content (AvgIpc) is 3.24. The number of unbranched alkanes of at least 4 members (excludes halogenated alkanes) is 26. The predicted octanol–water partition coefficient (Wildman–Crippen LogP) is 8.53. The molecule has 3 unspecified atom stereocenters. The molecule has 1 heterocycles. The van der Waals surface area contributed by atoms with E-state index in [0.29, 0.717) is 19.3 Å². The highest BCUT2D eigenvalue weighted by Crippen LogP contribution is 2.23. The number of aliphatic hydroxyl groups excluding tert-OH is 7. The lowest BCUT2D eigenvalue weighted by Gasteiger charge is -2.40. The van der Waals surface area contributed by atoms with E-state index in [1.54, 1.807) is 0 Å². The van der Waals surface area contributed by atoms with Gasteiger partial charge in [0, 0.05) is 0 Å². The van der Waals surface area contributed by atoms with Crippen LogP contribution in [0.4, 0.5) is 0 Å². The van der Waals surface area contributed by atoms with Crippen LogP contribution in [-0.2, 0) is 14.3 Å². The summed E-state index contributed by atoms with van der Waals surface area (Å²) in [5.74, 6) is 0.121. The summed E-state index contributed by atoms with van der Waals surface area (Å²) in [6.45, 7) is 5.79. The standard InChI is InChI=1S/C48H95NO10/c1-4-6-7-8-9-10-11-12-13-14-15-16-17-18-19-22-26-29-32-35-41(52)47(57)49-39(37-58-48-46(56)45(55)44(54)42(36-50)59-48)43(53)40(51)34-31-28-25-23-20-21-24-27-30-33-38(3)5-2/h38-46,48,50-56H,4-37H2,1-3H3,(H,49,57)/t38?,39-,40+,41+,42?,43-,44-,45-,46?,48-/m0/s1. The molecule has 0 aromatic heterocycles. The quantitative estimate of drug-likeness (QED) is 0.0277. The number of nitrogens with one attached hydrogen (secondary N) is 1. The molecule has 59 heavy (non-hydrogen) atoms. The molecule has 11 heteroatoms. The van der Waals surface area contributed by atoms with Crippen LogP contribution in [0.3, 0.4) is 0 Å². The van der Waals surface area contributed by atoms with Crippen molar-refractivity contribution in [3.8, 4) is 0 Å². The Hall–Kier alpha value is -0.890. The highest BCUT2D eigenvalue weighted by Gasteiger charge is 2.44. The summed E-state index contributed by atoms with van der Waals surface area (Å²) < 4.78 is 11.1. The van der Waals surface area contributed by atoms with Gasteiger partial charge in [-0.05, 0) is 18.8 Å². The fourth-order valence-corrected chi connectivity index (χ4v) is 8.18. The molecule has 0 bridgehead atoms. The van der Waals surface area contributed by atoms with E-state index in [-0.39, 0.29) is 6.42 Å². The zero-order valence-electron chi connectivity index (χ0n) is 38.2. The van der Waals surface area contributed by atoms with Gasteiger partial charge >= 0.3 is 0 Å². The van der Waals surface area contributed by atoms with Crippen molar-refractivity contribution in [2.45, 2.75) is 281 Å². The van der Waals surface area contributed by atoms with E-state index in [2.05, 4.69) is 26.1 Å². The van der Waals surface area contributed by atoms with Crippen molar-refractivity contribution >= 4 is 5.91 Å². The molecule has 1 fully saturated rings. The van der Waals surface area contributed by atoms with E-state index < -0.39 is 74.2 Å². The fraction of sp³-hybridized carbons (Fsp3) is 0.979. The molecule has 0 spiro atoms. The van der Waals surface area contributed by atoms with Crippen LogP contribution in [0.1, 0.15) is 226 Å². The normalized spacial score (nSPS) is 22.2. The van der Waals surface area contributed by atoms with E-state index in [1.807, 2.05) is 0 Å². The molecule has 1 amide bonds. The molecule has 0 saturated carbocycles. The number of aliphatic hydroxyl groups is 7. The minimum atomic E-state index is -1.66. The summed E-state index contributed by atoms with van der Waals surface area (Å²) in [7, 11) is 0. The molecule has 0 aliphatic carbocycles. The van der Waals surface area contributed by atoms with Crippen molar-refractivity contribution in [1.29, 1.82) is 0 Å². The van der Waals surface area contributed by atoms with Crippen LogP contribution in [0.25, 0.3) is 0 Å². The second-order valence-electron chi connectivity index (χ2n) is 18.1. The van der Waals surface area contributed by atoms with Crippen LogP contribution in [0.15, 0.2) is 0 Å². The molecule has 10 atom stereocenters. The Morgan fingerprint density at radius 3 is 1.41 bits per heavy atom. The van der Waals surface area contributed by atoms with Gasteiger partial charge in [0.1, 0.15) is 36.6 Å². The number of carbonyl (C=O) groups excluding carboxylic acids is 1. The van der Waals surface area contributed by atoms with Gasteiger partial charge in [-0.2, -0.15) is 0 Å². The molecule has 1 aliphatic rings. The van der Waals surface area contributed by atoms with Crippen LogP contribution in [0.2, 0.25) is 0 Å². The van der Waals surface area contributed by atoms with Gasteiger partial charge in [-0.15, -0.1) is 0 Å². The number of hydrogen-bond acceptors (Lipinski definition) is 10. The van der Waals surface area contributed by atoms with Crippen molar-refractivity contribution in [1.82, 2.24) is 5.32 Å². The number of rotatable bonds is 41. The predicted molar refractivity (Wildman–Crippen MR) is 238 cm³/mol. The maximum Gasteiger partial charge on any atom is 0.249 e. The Bertz CT molecular complexity index is 943. The molecule has 0 radical (unpaired) electrons. The SMILES string of the molecule is CCCCCCCCCCCCCCCCCCCCC[C@@H](O)C(=O)N[C@@H](CO[C@H]1OC(CO)[C@H](O)[C@H](O)C1O)[C@H](O)[C@H](O)CCCCCCCCCCCC(C)CC. The van der Waals surface area contributed by atoms with Crippen LogP contribution < -0.4 is 5.32 Å². The Labute approximate surface area is 360 Å². The number of hydrogen-bond donors (Lipinski definition) is 8. The van der Waals surface area contributed by atoms with Crippen LogP contribution in [0.5, 0.6) is 0 Å². The maximum atomic E-state index is 13.1. The molecular formula is C48H95NO10. The summed E-state index contributed by atoms with van der Waals surface area (Å²) >= 11 is 0. The van der Waals surface area contributed by atoms with Crippen molar-refractivity contribution in [2.24, 2.45) is 5.92 Å². The van der Waals surface area contributed by atoms with Crippen LogP contribution in [-0.4, -0.2) is 110 Å². The summed E-state index contributed by atoms with van der Waals surface area (Å²) in [5, 5.41) is 75.8. The first-order valence-corrected chi connectivity index (χ1v) is 24.8. The van der Waals surface area contributed by atoms with Gasteiger partial charge in [0.2, 0.25) is 5.91 Å². The van der Waals surface area contributed by atoms with E-state index in [1.165, 1.54) is 141 Å². The number of carbonyl (C=O) groups is 1. The van der Waals surface area contributed by atoms with E-state index in [9.17, 15) is 40.5 Å². The minimum Gasteiger partial charge on any atom is -0.394 e. The van der Waals surface area contributed by atoms with Gasteiger partial charge in [0.05, 0.1) is 25.4 Å². The van der Waals surface area contributed by atoms with Crippen molar-refractivity contribution in [2.75, 3.05) is 13.2 Å². The third-order valence-corrected chi connectivity index (χ3v) is 12.7. The molecule has 0 aromatic rings. The monoisotopic (exact) mass is 846 g/mol. The zero-order valence-corrected chi connectivity index (χ0v) is 38.2. The molecular weight excluding hydrogens is 751 g/mol. The molecule has 1 aliphatic heterocycles. The number of ether oxygens (including phenoxy) is 2. The van der Waals surface area contributed by atoms with Gasteiger partial charge in [-0.25, -0.2) is 0 Å². The molecule has 1 saturated heterocycles. The van der Waals surface area contributed by atoms with E-state index >= 15 is 0 Å². The Morgan fingerprint density at radius 1 is 0.576 bits per heavy atom. The van der Waals surface area contributed by atoms with Crippen LogP contribution in [0, 0.1) is 5.92 Å². The Kier molecular flexibility index (Phi) is 35.8. The Balaban J connectivity index is 2.39. The first-order valence-electron chi connectivity index (χ1n) is 24.8. The minimum absolute atomic E-state index is 0.266. The third-order valence-electron chi connectivity index (χ3n) is 12.7. The molecule has 1 rings (SSSR count). The first kappa shape index (κ1) is 56.1. The zero-order chi connectivity index (χ0) is 43.5. The second-order valence-corrected chi connectivity index (χ2v) is 18.1. The maximum absolute atomic E-state index is 13.1. The molecule has 8 N–H and O–H groups in total. The average molecular weight is 846 g/mol. The lowest BCUT2D eigenvalue weighted by atomic mass is 9.98. The van der Waals surface area contributed by atoms with E-state index in [0.717, 1.165) is 44.4 Å². The lowest BCUT2D eigenvalue weighted by molar-refractivity contribution is -0.303. The summed E-state index contributed by atoms with van der Waals surface area (Å²) in [4.78, 5) is 13.1. The fourth-order valence-electron chi connectivity index (χ4n) is 8.18. The van der Waals surface area contributed by atoms with E-state index in [4.69, 9.17) is 9.47 Å². The smallest absolute Gasteiger partial charge is 0.249 e. The highest BCUT2D eigenvalue weighted by molar-refractivity contribution is 5.80. The largest absolute Gasteiger partial charge is 0.394 e. The van der Waals surface area contributed by atoms with Gasteiger partial charge in [0.25, 0.3) is 0 Å². The first-order chi connectivity index (χ1) is 28.6. The molecule has 352 valence electrons. The highest BCUT2D eigenvalue weighted by atomic mass is 16.7. The van der Waals surface area contributed by atoms with Crippen molar-refractivity contribution in [3.05, 3.63) is 0 Å². The van der Waals surface area contributed by atoms with Gasteiger partial charge in [0.15, 0.2) is 6.29 Å². The third kappa shape index (κ3) is 27.7. The summed E-state index contributed by atoms with van der Waals surface area (Å²) in [6.07, 6.45) is 25.8. The lowest BCUT2D eigenvalue weighted by Crippen LogP contribution is -2.60. The molecule has 11 nitrogen and oxygen atoms in total. The second kappa shape index (κ2) is 37.6. The molecule has 0 aromatic carbocycles. The van der Waals surface area contributed by atoms with Gasteiger partial charge in [-0.3, -0.25) is 4.79 Å². The Morgan fingerprint density at radius 2 is 0.983 bits per heavy atom. The van der Waals surface area contributed by atoms with Crippen LogP contribution >= 0.6 is 0 Å².